The van der Waals surface area contributed by atoms with Gasteiger partial charge < -0.3 is 9.47 Å². The minimum Gasteiger partial charge on any atom is -0.490 e. The molecular formula is C19H19IN2O2S. The third-order valence-corrected chi connectivity index (χ3v) is 5.97. The number of hydrogen-bond donors (Lipinski definition) is 0. The van der Waals surface area contributed by atoms with Crippen LogP contribution in [0.2, 0.25) is 0 Å². The van der Waals surface area contributed by atoms with Crippen molar-refractivity contribution < 1.29 is 9.47 Å². The molecule has 25 heavy (non-hydrogen) atoms. The van der Waals surface area contributed by atoms with E-state index >= 15 is 0 Å². The van der Waals surface area contributed by atoms with E-state index in [0.29, 0.717) is 13.2 Å². The molecule has 0 fully saturated rings. The zero-order valence-corrected chi connectivity index (χ0v) is 17.2. The van der Waals surface area contributed by atoms with Crippen LogP contribution in [-0.4, -0.2) is 19.4 Å². The molecule has 0 spiro atoms. The molecule has 1 aliphatic carbocycles. The van der Waals surface area contributed by atoms with Gasteiger partial charge >= 0.3 is 0 Å². The molecule has 0 saturated heterocycles. The van der Waals surface area contributed by atoms with Crippen molar-refractivity contribution in [3.05, 3.63) is 37.3 Å². The zero-order chi connectivity index (χ0) is 17.8. The van der Waals surface area contributed by atoms with Gasteiger partial charge in [-0.15, -0.1) is 11.3 Å². The van der Waals surface area contributed by atoms with Crippen molar-refractivity contribution in [2.75, 3.05) is 13.2 Å². The van der Waals surface area contributed by atoms with Crippen LogP contribution in [0.15, 0.2) is 17.1 Å². The lowest BCUT2D eigenvalue weighted by atomic mass is 10.1. The fraction of sp³-hybridized carbons (Fsp3) is 0.368. The van der Waals surface area contributed by atoms with Crippen molar-refractivity contribution >= 4 is 45.1 Å². The van der Waals surface area contributed by atoms with Crippen molar-refractivity contribution in [2.24, 2.45) is 4.99 Å². The largest absolute Gasteiger partial charge is 0.490 e. The molecule has 4 nitrogen and oxygen atoms in total. The summed E-state index contributed by atoms with van der Waals surface area (Å²) >= 11 is 3.90. The van der Waals surface area contributed by atoms with E-state index in [1.807, 2.05) is 32.2 Å². The topological polar surface area (TPSA) is 54.6 Å². The summed E-state index contributed by atoms with van der Waals surface area (Å²) in [6, 6.07) is 6.29. The predicted molar refractivity (Wildman–Crippen MR) is 110 cm³/mol. The number of hydrogen-bond acceptors (Lipinski definition) is 5. The lowest BCUT2D eigenvalue weighted by Crippen LogP contribution is -2.01. The number of ether oxygens (including phenoxy) is 2. The van der Waals surface area contributed by atoms with Gasteiger partial charge in [0.15, 0.2) is 11.5 Å². The summed E-state index contributed by atoms with van der Waals surface area (Å²) in [7, 11) is 0. The SMILES string of the molecule is CCOc1cc(C=Nc2sc3c(c2C#N)CCC3)cc(I)c1OCC. The average molecular weight is 466 g/mol. The van der Waals surface area contributed by atoms with Crippen LogP contribution < -0.4 is 9.47 Å². The van der Waals surface area contributed by atoms with Crippen LogP contribution >= 0.6 is 33.9 Å². The van der Waals surface area contributed by atoms with E-state index in [1.54, 1.807) is 11.3 Å². The second-order valence-corrected chi connectivity index (χ2v) is 7.85. The number of aryl methyl sites for hydroxylation is 1. The van der Waals surface area contributed by atoms with Gasteiger partial charge in [-0.05, 0) is 79.0 Å². The molecule has 1 heterocycles. The summed E-state index contributed by atoms with van der Waals surface area (Å²) in [4.78, 5) is 5.92. The quantitative estimate of drug-likeness (QED) is 0.431. The fourth-order valence-electron chi connectivity index (χ4n) is 2.94. The second kappa shape index (κ2) is 8.19. The van der Waals surface area contributed by atoms with Crippen LogP contribution in [0.25, 0.3) is 0 Å². The first-order valence-corrected chi connectivity index (χ1v) is 10.2. The summed E-state index contributed by atoms with van der Waals surface area (Å²) < 4.78 is 12.4. The van der Waals surface area contributed by atoms with Crippen LogP contribution in [0.1, 0.15) is 41.8 Å². The molecule has 0 atom stereocenters. The van der Waals surface area contributed by atoms with E-state index in [2.05, 4.69) is 33.7 Å². The number of halogens is 1. The highest BCUT2D eigenvalue weighted by Crippen LogP contribution is 2.40. The highest BCUT2D eigenvalue weighted by molar-refractivity contribution is 14.1. The Labute approximate surface area is 165 Å². The molecule has 0 N–H and O–H groups in total. The molecule has 3 rings (SSSR count). The molecule has 1 aromatic heterocycles. The molecule has 1 aromatic carbocycles. The maximum Gasteiger partial charge on any atom is 0.174 e. The molecule has 0 bridgehead atoms. The van der Waals surface area contributed by atoms with Gasteiger partial charge in [0.05, 0.1) is 22.3 Å². The molecule has 0 aliphatic heterocycles. The zero-order valence-electron chi connectivity index (χ0n) is 14.3. The minimum atomic E-state index is 0.576. The molecular weight excluding hydrogens is 447 g/mol. The van der Waals surface area contributed by atoms with Crippen LogP contribution in [0.3, 0.4) is 0 Å². The Morgan fingerprint density at radius 1 is 1.28 bits per heavy atom. The highest BCUT2D eigenvalue weighted by atomic mass is 127. The first-order valence-electron chi connectivity index (χ1n) is 8.35. The molecule has 130 valence electrons. The summed E-state index contributed by atoms with van der Waals surface area (Å²) in [5, 5.41) is 10.3. The minimum absolute atomic E-state index is 0.576. The maximum absolute atomic E-state index is 9.47. The van der Waals surface area contributed by atoms with Gasteiger partial charge in [-0.25, -0.2) is 4.99 Å². The van der Waals surface area contributed by atoms with Crippen molar-refractivity contribution in [3.8, 4) is 17.6 Å². The van der Waals surface area contributed by atoms with E-state index < -0.39 is 0 Å². The first-order chi connectivity index (χ1) is 12.2. The van der Waals surface area contributed by atoms with Crippen LogP contribution in [0.5, 0.6) is 11.5 Å². The van der Waals surface area contributed by atoms with Crippen LogP contribution in [0, 0.1) is 14.9 Å². The van der Waals surface area contributed by atoms with E-state index in [0.717, 1.165) is 50.5 Å². The lowest BCUT2D eigenvalue weighted by molar-refractivity contribution is 0.286. The molecule has 2 aromatic rings. The molecule has 0 amide bonds. The van der Waals surface area contributed by atoms with E-state index in [1.165, 1.54) is 10.4 Å². The Morgan fingerprint density at radius 2 is 2.08 bits per heavy atom. The Morgan fingerprint density at radius 3 is 2.80 bits per heavy atom. The van der Waals surface area contributed by atoms with Crippen molar-refractivity contribution in [2.45, 2.75) is 33.1 Å². The van der Waals surface area contributed by atoms with Gasteiger partial charge in [0.25, 0.3) is 0 Å². The Balaban J connectivity index is 1.93. The number of rotatable bonds is 6. The van der Waals surface area contributed by atoms with Gasteiger partial charge in [-0.1, -0.05) is 0 Å². The van der Waals surface area contributed by atoms with Crippen LogP contribution in [0.4, 0.5) is 5.00 Å². The van der Waals surface area contributed by atoms with Crippen molar-refractivity contribution in [1.82, 2.24) is 0 Å². The number of thiophene rings is 1. The first kappa shape index (κ1) is 18.2. The number of fused-ring (bicyclic) bond motifs is 1. The summed E-state index contributed by atoms with van der Waals surface area (Å²) in [5.74, 6) is 1.50. The Hall–Kier alpha value is -1.59. The number of benzene rings is 1. The molecule has 6 heteroatoms. The maximum atomic E-state index is 9.47. The Kier molecular flexibility index (Phi) is 5.97. The third kappa shape index (κ3) is 3.82. The monoisotopic (exact) mass is 466 g/mol. The second-order valence-electron chi connectivity index (χ2n) is 5.60. The fourth-order valence-corrected chi connectivity index (χ4v) is 4.90. The third-order valence-electron chi connectivity index (χ3n) is 3.97. The van der Waals surface area contributed by atoms with Gasteiger partial charge in [0.1, 0.15) is 11.1 Å². The molecule has 0 saturated carbocycles. The normalized spacial score (nSPS) is 13.0. The van der Waals surface area contributed by atoms with Gasteiger partial charge in [-0.3, -0.25) is 0 Å². The van der Waals surface area contributed by atoms with Crippen molar-refractivity contribution in [1.29, 1.82) is 5.26 Å². The number of nitriles is 1. The lowest BCUT2D eigenvalue weighted by Gasteiger charge is -2.13. The molecule has 1 aliphatic rings. The highest BCUT2D eigenvalue weighted by Gasteiger charge is 2.21. The number of nitrogens with zero attached hydrogens (tertiary/aromatic N) is 2. The Bertz CT molecular complexity index is 852. The van der Waals surface area contributed by atoms with Crippen molar-refractivity contribution in [3.63, 3.8) is 0 Å². The summed E-state index contributed by atoms with van der Waals surface area (Å²) in [6.07, 6.45) is 5.02. The van der Waals surface area contributed by atoms with Gasteiger partial charge in [0, 0.05) is 11.1 Å². The average Bonchev–Trinajstić information content (AvgIpc) is 3.16. The molecule has 0 radical (unpaired) electrons. The van der Waals surface area contributed by atoms with Gasteiger partial charge in [0.2, 0.25) is 0 Å². The summed E-state index contributed by atoms with van der Waals surface area (Å²) in [6.45, 7) is 5.08. The van der Waals surface area contributed by atoms with Gasteiger partial charge in [-0.2, -0.15) is 5.26 Å². The smallest absolute Gasteiger partial charge is 0.174 e. The molecule has 0 unspecified atom stereocenters. The standard InChI is InChI=1S/C19H19IN2O2S/c1-3-23-16-9-12(8-15(20)18(16)24-4-2)11-22-19-14(10-21)13-6-5-7-17(13)25-19/h8-9,11H,3-7H2,1-2H3. The predicted octanol–water partition coefficient (Wildman–Crippen LogP) is 5.26. The van der Waals surface area contributed by atoms with Crippen LogP contribution in [-0.2, 0) is 12.8 Å². The van der Waals surface area contributed by atoms with E-state index in [4.69, 9.17) is 9.47 Å². The van der Waals surface area contributed by atoms with E-state index in [-0.39, 0.29) is 0 Å². The number of aliphatic imine (C=N–C) groups is 1. The summed E-state index contributed by atoms with van der Waals surface area (Å²) in [5.41, 5.74) is 2.89. The van der Waals surface area contributed by atoms with E-state index in [9.17, 15) is 5.26 Å².